The molecule has 1 fully saturated rings. The van der Waals surface area contributed by atoms with Gasteiger partial charge in [0.05, 0.1) is 17.7 Å². The van der Waals surface area contributed by atoms with Crippen LogP contribution in [0, 0.1) is 0 Å². The van der Waals surface area contributed by atoms with Crippen molar-refractivity contribution in [2.45, 2.75) is 25.7 Å². The van der Waals surface area contributed by atoms with Gasteiger partial charge in [0, 0.05) is 10.6 Å². The van der Waals surface area contributed by atoms with Crippen molar-refractivity contribution >= 4 is 23.2 Å². The molecule has 1 aromatic rings. The maximum atomic E-state index is 6.10. The second-order valence-corrected chi connectivity index (χ2v) is 4.65. The van der Waals surface area contributed by atoms with Crippen LogP contribution in [0.2, 0.25) is 10.0 Å². The Morgan fingerprint density at radius 3 is 2.67 bits per heavy atom. The van der Waals surface area contributed by atoms with Gasteiger partial charge < -0.3 is 9.47 Å². The summed E-state index contributed by atoms with van der Waals surface area (Å²) < 4.78 is 11.3. The largest absolute Gasteiger partial charge is 0.343 e. The summed E-state index contributed by atoms with van der Waals surface area (Å²) in [6.07, 6.45) is 0.0849. The highest BCUT2D eigenvalue weighted by atomic mass is 35.5. The first-order valence-corrected chi connectivity index (χ1v) is 5.54. The normalized spacial score (nSPS) is 30.8. The lowest BCUT2D eigenvalue weighted by molar-refractivity contribution is -0.159. The van der Waals surface area contributed by atoms with E-state index in [9.17, 15) is 0 Å². The molecule has 1 aromatic carbocycles. The maximum Gasteiger partial charge on any atom is 0.193 e. The van der Waals surface area contributed by atoms with Gasteiger partial charge in [-0.05, 0) is 26.0 Å². The predicted octanol–water partition coefficient (Wildman–Crippen LogP) is 3.60. The highest BCUT2D eigenvalue weighted by Gasteiger charge is 2.38. The molecule has 0 bridgehead atoms. The number of halogens is 2. The molecular weight excluding hydrogens is 235 g/mol. The summed E-state index contributed by atoms with van der Waals surface area (Å²) in [5, 5.41) is 1.18. The van der Waals surface area contributed by atoms with Gasteiger partial charge >= 0.3 is 0 Å². The van der Waals surface area contributed by atoms with E-state index < -0.39 is 5.79 Å². The van der Waals surface area contributed by atoms with Gasteiger partial charge in [0.25, 0.3) is 0 Å². The molecule has 15 heavy (non-hydrogen) atoms. The zero-order valence-corrected chi connectivity index (χ0v) is 10.1. The first-order valence-electron chi connectivity index (χ1n) is 4.78. The highest BCUT2D eigenvalue weighted by molar-refractivity contribution is 6.35. The van der Waals surface area contributed by atoms with Crippen LogP contribution < -0.4 is 0 Å². The van der Waals surface area contributed by atoms with E-state index in [1.54, 1.807) is 12.1 Å². The number of hydrogen-bond acceptors (Lipinski definition) is 2. The lowest BCUT2D eigenvalue weighted by Gasteiger charge is -2.24. The van der Waals surface area contributed by atoms with Crippen LogP contribution in [-0.2, 0) is 15.3 Å². The van der Waals surface area contributed by atoms with E-state index in [1.165, 1.54) is 0 Å². The summed E-state index contributed by atoms with van der Waals surface area (Å²) in [5.41, 5.74) is 0.818. The van der Waals surface area contributed by atoms with Gasteiger partial charge in [-0.2, -0.15) is 0 Å². The lowest BCUT2D eigenvalue weighted by Crippen LogP contribution is -2.23. The number of rotatable bonds is 1. The maximum absolute atomic E-state index is 6.10. The molecule has 1 saturated heterocycles. The molecule has 0 spiro atoms. The number of benzene rings is 1. The molecule has 82 valence electrons. The summed E-state index contributed by atoms with van der Waals surface area (Å²) in [5.74, 6) is -0.749. The van der Waals surface area contributed by atoms with E-state index in [0.717, 1.165) is 5.56 Å². The zero-order chi connectivity index (χ0) is 11.1. The molecule has 1 heterocycles. The van der Waals surface area contributed by atoms with Crippen LogP contribution in [0.4, 0.5) is 0 Å². The molecule has 0 aliphatic carbocycles. The Hall–Kier alpha value is -0.280. The van der Waals surface area contributed by atoms with Crippen LogP contribution in [0.25, 0.3) is 0 Å². The fraction of sp³-hybridized carbons (Fsp3) is 0.455. The molecular formula is C11H12Cl2O2. The van der Waals surface area contributed by atoms with Crippen LogP contribution in [0.3, 0.4) is 0 Å². The standard InChI is InChI=1S/C11H12Cl2O2/c1-7-6-14-11(2,15-7)9-4-3-8(12)5-10(9)13/h3-5,7H,6H2,1-2H3/t7-,11-/m1/s1. The third-order valence-electron chi connectivity index (χ3n) is 2.44. The van der Waals surface area contributed by atoms with E-state index in [-0.39, 0.29) is 6.10 Å². The summed E-state index contributed by atoms with van der Waals surface area (Å²) >= 11 is 11.9. The van der Waals surface area contributed by atoms with E-state index in [0.29, 0.717) is 16.7 Å². The van der Waals surface area contributed by atoms with Gasteiger partial charge in [0.2, 0.25) is 0 Å². The fourth-order valence-corrected chi connectivity index (χ4v) is 2.31. The SMILES string of the molecule is C[C@@H]1CO[C@@](C)(c2ccc(Cl)cc2Cl)O1. The average Bonchev–Trinajstić information content (AvgIpc) is 2.46. The number of hydrogen-bond donors (Lipinski definition) is 0. The van der Waals surface area contributed by atoms with Crippen LogP contribution in [0.5, 0.6) is 0 Å². The second kappa shape index (κ2) is 3.95. The minimum atomic E-state index is -0.749. The Morgan fingerprint density at radius 2 is 2.13 bits per heavy atom. The second-order valence-electron chi connectivity index (χ2n) is 3.81. The van der Waals surface area contributed by atoms with Gasteiger partial charge in [-0.3, -0.25) is 0 Å². The Balaban J connectivity index is 2.37. The molecule has 1 aliphatic rings. The molecule has 2 atom stereocenters. The minimum absolute atomic E-state index is 0.0849. The third-order valence-corrected chi connectivity index (χ3v) is 2.99. The Labute approximate surface area is 99.1 Å². The van der Waals surface area contributed by atoms with Gasteiger partial charge in [-0.25, -0.2) is 0 Å². The van der Waals surface area contributed by atoms with Crippen molar-refractivity contribution in [3.8, 4) is 0 Å². The zero-order valence-electron chi connectivity index (χ0n) is 8.59. The Bertz CT molecular complexity index is 381. The van der Waals surface area contributed by atoms with Crippen LogP contribution in [-0.4, -0.2) is 12.7 Å². The predicted molar refractivity (Wildman–Crippen MR) is 60.3 cm³/mol. The lowest BCUT2D eigenvalue weighted by atomic mass is 10.1. The molecule has 4 heteroatoms. The van der Waals surface area contributed by atoms with Crippen molar-refractivity contribution in [2.75, 3.05) is 6.61 Å². The van der Waals surface area contributed by atoms with E-state index in [4.69, 9.17) is 32.7 Å². The molecule has 2 nitrogen and oxygen atoms in total. The minimum Gasteiger partial charge on any atom is -0.343 e. The monoisotopic (exact) mass is 246 g/mol. The van der Waals surface area contributed by atoms with E-state index >= 15 is 0 Å². The van der Waals surface area contributed by atoms with Crippen LogP contribution in [0.1, 0.15) is 19.4 Å². The molecule has 0 saturated carbocycles. The van der Waals surface area contributed by atoms with Gasteiger partial charge in [-0.15, -0.1) is 0 Å². The van der Waals surface area contributed by atoms with Crippen LogP contribution >= 0.6 is 23.2 Å². The van der Waals surface area contributed by atoms with E-state index in [2.05, 4.69) is 0 Å². The Morgan fingerprint density at radius 1 is 1.40 bits per heavy atom. The molecule has 0 amide bonds. The Kier molecular flexibility index (Phi) is 2.95. The summed E-state index contributed by atoms with van der Waals surface area (Å²) in [7, 11) is 0. The van der Waals surface area contributed by atoms with Crippen molar-refractivity contribution in [1.82, 2.24) is 0 Å². The van der Waals surface area contributed by atoms with Crippen molar-refractivity contribution in [3.05, 3.63) is 33.8 Å². The fourth-order valence-electron chi connectivity index (χ4n) is 1.73. The van der Waals surface area contributed by atoms with Crippen LogP contribution in [0.15, 0.2) is 18.2 Å². The average molecular weight is 247 g/mol. The van der Waals surface area contributed by atoms with Crippen molar-refractivity contribution in [2.24, 2.45) is 0 Å². The molecule has 2 rings (SSSR count). The van der Waals surface area contributed by atoms with E-state index in [1.807, 2.05) is 19.9 Å². The van der Waals surface area contributed by atoms with Gasteiger partial charge in [0.15, 0.2) is 5.79 Å². The van der Waals surface area contributed by atoms with Crippen molar-refractivity contribution < 1.29 is 9.47 Å². The smallest absolute Gasteiger partial charge is 0.193 e. The van der Waals surface area contributed by atoms with Gasteiger partial charge in [-0.1, -0.05) is 29.3 Å². The molecule has 0 aromatic heterocycles. The summed E-state index contributed by atoms with van der Waals surface area (Å²) in [6.45, 7) is 4.41. The van der Waals surface area contributed by atoms with Crippen molar-refractivity contribution in [1.29, 1.82) is 0 Å². The first-order chi connectivity index (χ1) is 7.01. The summed E-state index contributed by atoms with van der Waals surface area (Å²) in [6, 6.07) is 5.31. The quantitative estimate of drug-likeness (QED) is 0.754. The molecule has 0 unspecified atom stereocenters. The third kappa shape index (κ3) is 2.13. The number of ether oxygens (including phenoxy) is 2. The highest BCUT2D eigenvalue weighted by Crippen LogP contribution is 2.38. The van der Waals surface area contributed by atoms with Crippen molar-refractivity contribution in [3.63, 3.8) is 0 Å². The topological polar surface area (TPSA) is 18.5 Å². The first kappa shape index (κ1) is 11.2. The molecule has 0 N–H and O–H groups in total. The summed E-state index contributed by atoms with van der Waals surface area (Å²) in [4.78, 5) is 0. The molecule has 1 aliphatic heterocycles. The molecule has 0 radical (unpaired) electrons. The van der Waals surface area contributed by atoms with Gasteiger partial charge in [0.1, 0.15) is 0 Å².